The van der Waals surface area contributed by atoms with Crippen LogP contribution in [0, 0.1) is 12.8 Å². The van der Waals surface area contributed by atoms with Crippen LogP contribution in [-0.4, -0.2) is 15.4 Å². The van der Waals surface area contributed by atoms with Crippen LogP contribution in [-0.2, 0) is 0 Å². The second kappa shape index (κ2) is 5.20. The summed E-state index contributed by atoms with van der Waals surface area (Å²) in [5, 5.41) is 3.84. The molecule has 4 heteroatoms. The van der Waals surface area contributed by atoms with Crippen molar-refractivity contribution < 1.29 is 4.79 Å². The van der Waals surface area contributed by atoms with Gasteiger partial charge >= 0.3 is 0 Å². The monoisotopic (exact) mass is 212 g/mol. The molecule has 14 heavy (non-hydrogen) atoms. The lowest BCUT2D eigenvalue weighted by Gasteiger charge is -2.09. The second-order valence-corrected chi connectivity index (χ2v) is 4.25. The van der Waals surface area contributed by atoms with Crippen molar-refractivity contribution in [1.82, 2.24) is 9.59 Å². The molecule has 0 saturated heterocycles. The first kappa shape index (κ1) is 11.3. The fourth-order valence-corrected chi connectivity index (χ4v) is 2.02. The molecule has 0 saturated carbocycles. The van der Waals surface area contributed by atoms with Crippen LogP contribution in [0.15, 0.2) is 0 Å². The van der Waals surface area contributed by atoms with E-state index in [0.717, 1.165) is 23.4 Å². The Balaban J connectivity index is 2.63. The van der Waals surface area contributed by atoms with Crippen LogP contribution in [0.25, 0.3) is 0 Å². The minimum absolute atomic E-state index is 0.200. The SMILES string of the molecule is CCC(CC)CC(=O)c1snnc1C. The Kier molecular flexibility index (Phi) is 4.20. The van der Waals surface area contributed by atoms with Crippen molar-refractivity contribution in [3.8, 4) is 0 Å². The van der Waals surface area contributed by atoms with Crippen molar-refractivity contribution in [1.29, 1.82) is 0 Å². The Morgan fingerprint density at radius 1 is 1.43 bits per heavy atom. The predicted octanol–water partition coefficient (Wildman–Crippen LogP) is 2.86. The summed E-state index contributed by atoms with van der Waals surface area (Å²) >= 11 is 1.21. The number of Topliss-reactive ketones (excluding diaryl/α,β-unsaturated/α-hetero) is 1. The van der Waals surface area contributed by atoms with Gasteiger partial charge in [-0.25, -0.2) is 0 Å². The summed E-state index contributed by atoms with van der Waals surface area (Å²) < 4.78 is 3.77. The first-order valence-corrected chi connectivity index (χ1v) is 5.78. The summed E-state index contributed by atoms with van der Waals surface area (Å²) in [4.78, 5) is 12.5. The molecule has 0 fully saturated rings. The third-order valence-corrected chi connectivity index (χ3v) is 3.40. The number of hydrogen-bond acceptors (Lipinski definition) is 4. The van der Waals surface area contributed by atoms with Gasteiger partial charge in [0.15, 0.2) is 5.78 Å². The van der Waals surface area contributed by atoms with Crippen molar-refractivity contribution in [2.45, 2.75) is 40.0 Å². The van der Waals surface area contributed by atoms with E-state index in [2.05, 4.69) is 23.4 Å². The lowest BCUT2D eigenvalue weighted by Crippen LogP contribution is -2.07. The van der Waals surface area contributed by atoms with Gasteiger partial charge in [0.25, 0.3) is 0 Å². The molecule has 0 atom stereocenters. The fourth-order valence-electron chi connectivity index (χ4n) is 1.42. The Hall–Kier alpha value is -0.770. The van der Waals surface area contributed by atoms with Crippen LogP contribution in [0.5, 0.6) is 0 Å². The maximum absolute atomic E-state index is 11.8. The molecule has 0 amide bonds. The molecule has 1 aromatic heterocycles. The number of aryl methyl sites for hydroxylation is 1. The summed E-state index contributed by atoms with van der Waals surface area (Å²) in [6.07, 6.45) is 2.76. The van der Waals surface area contributed by atoms with Gasteiger partial charge in [-0.15, -0.1) is 5.10 Å². The Morgan fingerprint density at radius 2 is 2.07 bits per heavy atom. The molecule has 0 bridgehead atoms. The maximum atomic E-state index is 11.8. The van der Waals surface area contributed by atoms with E-state index < -0.39 is 0 Å². The Labute approximate surface area is 88.7 Å². The third-order valence-electron chi connectivity index (χ3n) is 2.53. The zero-order valence-electron chi connectivity index (χ0n) is 8.91. The van der Waals surface area contributed by atoms with Gasteiger partial charge in [0.05, 0.1) is 5.69 Å². The van der Waals surface area contributed by atoms with E-state index in [4.69, 9.17) is 0 Å². The minimum Gasteiger partial charge on any atom is -0.293 e. The minimum atomic E-state index is 0.200. The van der Waals surface area contributed by atoms with Crippen LogP contribution in [0.1, 0.15) is 48.5 Å². The summed E-state index contributed by atoms with van der Waals surface area (Å²) in [5.41, 5.74) is 0.769. The molecule has 0 aliphatic carbocycles. The Morgan fingerprint density at radius 3 is 2.50 bits per heavy atom. The standard InChI is InChI=1S/C10H16N2OS/c1-4-8(5-2)6-9(13)10-7(3)11-12-14-10/h8H,4-6H2,1-3H3. The second-order valence-electron chi connectivity index (χ2n) is 3.50. The van der Waals surface area contributed by atoms with E-state index >= 15 is 0 Å². The van der Waals surface area contributed by atoms with Crippen molar-refractivity contribution in [3.63, 3.8) is 0 Å². The summed E-state index contributed by atoms with van der Waals surface area (Å²) in [5.74, 6) is 0.704. The molecule has 0 radical (unpaired) electrons. The van der Waals surface area contributed by atoms with Crippen LogP contribution in [0.2, 0.25) is 0 Å². The van der Waals surface area contributed by atoms with E-state index in [1.807, 2.05) is 6.92 Å². The molecule has 0 aliphatic rings. The van der Waals surface area contributed by atoms with E-state index in [1.54, 1.807) is 0 Å². The number of aromatic nitrogens is 2. The lowest BCUT2D eigenvalue weighted by atomic mass is 9.96. The van der Waals surface area contributed by atoms with E-state index in [-0.39, 0.29) is 5.78 Å². The highest BCUT2D eigenvalue weighted by molar-refractivity contribution is 7.08. The smallest absolute Gasteiger partial charge is 0.176 e. The third kappa shape index (κ3) is 2.61. The van der Waals surface area contributed by atoms with Crippen LogP contribution in [0.3, 0.4) is 0 Å². The molecule has 0 unspecified atom stereocenters. The molecule has 1 rings (SSSR count). The van der Waals surface area contributed by atoms with E-state index in [1.165, 1.54) is 11.5 Å². The first-order valence-electron chi connectivity index (χ1n) is 5.01. The van der Waals surface area contributed by atoms with E-state index in [9.17, 15) is 4.79 Å². The van der Waals surface area contributed by atoms with Gasteiger partial charge in [-0.3, -0.25) is 4.79 Å². The zero-order valence-corrected chi connectivity index (χ0v) is 9.73. The number of rotatable bonds is 5. The number of ketones is 1. The van der Waals surface area contributed by atoms with Gasteiger partial charge < -0.3 is 0 Å². The van der Waals surface area contributed by atoms with E-state index in [0.29, 0.717) is 12.3 Å². The number of carbonyl (C=O) groups is 1. The molecule has 78 valence electrons. The van der Waals surface area contributed by atoms with Gasteiger partial charge in [0.2, 0.25) is 0 Å². The van der Waals surface area contributed by atoms with Crippen molar-refractivity contribution in [2.75, 3.05) is 0 Å². The molecule has 0 spiro atoms. The maximum Gasteiger partial charge on any atom is 0.176 e. The van der Waals surface area contributed by atoms with Gasteiger partial charge in [0.1, 0.15) is 4.88 Å². The zero-order chi connectivity index (χ0) is 10.6. The van der Waals surface area contributed by atoms with Crippen LogP contribution >= 0.6 is 11.5 Å². The van der Waals surface area contributed by atoms with Gasteiger partial charge in [-0.05, 0) is 24.4 Å². The van der Waals surface area contributed by atoms with Crippen molar-refractivity contribution >= 4 is 17.3 Å². The van der Waals surface area contributed by atoms with Crippen molar-refractivity contribution in [2.24, 2.45) is 5.92 Å². The van der Waals surface area contributed by atoms with Crippen LogP contribution < -0.4 is 0 Å². The predicted molar refractivity (Wildman–Crippen MR) is 57.7 cm³/mol. The molecule has 0 aliphatic heterocycles. The number of nitrogens with zero attached hydrogens (tertiary/aromatic N) is 2. The highest BCUT2D eigenvalue weighted by Gasteiger charge is 2.16. The largest absolute Gasteiger partial charge is 0.293 e. The lowest BCUT2D eigenvalue weighted by molar-refractivity contribution is 0.0962. The quantitative estimate of drug-likeness (QED) is 0.705. The normalized spacial score (nSPS) is 10.9. The molecule has 0 N–H and O–H groups in total. The van der Waals surface area contributed by atoms with Gasteiger partial charge in [-0.2, -0.15) is 0 Å². The summed E-state index contributed by atoms with van der Waals surface area (Å²) in [6, 6.07) is 0. The average Bonchev–Trinajstić information content (AvgIpc) is 2.60. The van der Waals surface area contributed by atoms with Gasteiger partial charge in [0, 0.05) is 6.42 Å². The molecular weight excluding hydrogens is 196 g/mol. The molecule has 3 nitrogen and oxygen atoms in total. The summed E-state index contributed by atoms with van der Waals surface area (Å²) in [7, 11) is 0. The molecular formula is C10H16N2OS. The van der Waals surface area contributed by atoms with Crippen molar-refractivity contribution in [3.05, 3.63) is 10.6 Å². The molecule has 1 heterocycles. The van der Waals surface area contributed by atoms with Crippen LogP contribution in [0.4, 0.5) is 0 Å². The highest BCUT2D eigenvalue weighted by atomic mass is 32.1. The fraction of sp³-hybridized carbons (Fsp3) is 0.700. The highest BCUT2D eigenvalue weighted by Crippen LogP contribution is 2.19. The number of carbonyl (C=O) groups excluding carboxylic acids is 1. The molecule has 0 aromatic carbocycles. The summed E-state index contributed by atoms with van der Waals surface area (Å²) in [6.45, 7) is 6.09. The van der Waals surface area contributed by atoms with Gasteiger partial charge in [-0.1, -0.05) is 31.2 Å². The first-order chi connectivity index (χ1) is 6.69. The Bertz CT molecular complexity index is 305. The topological polar surface area (TPSA) is 42.9 Å². The average molecular weight is 212 g/mol. The molecule has 1 aromatic rings. The number of hydrogen-bond donors (Lipinski definition) is 0.